The minimum Gasteiger partial charge on any atom is -0.492 e. The first-order valence-electron chi connectivity index (χ1n) is 10.6. The molecule has 0 aliphatic carbocycles. The number of hydrogen-bond donors (Lipinski definition) is 0. The molecule has 0 radical (unpaired) electrons. The maximum Gasteiger partial charge on any atom is 0.233 e. The van der Waals surface area contributed by atoms with Crippen LogP contribution in [0.1, 0.15) is 25.0 Å². The first kappa shape index (κ1) is 22.3. The predicted molar refractivity (Wildman–Crippen MR) is 133 cm³/mol. The Balaban J connectivity index is 1.64. The molecule has 1 amide bonds. The molecule has 0 saturated heterocycles. The van der Waals surface area contributed by atoms with Crippen LogP contribution in [-0.4, -0.2) is 28.2 Å². The van der Waals surface area contributed by atoms with Gasteiger partial charge in [0.25, 0.3) is 0 Å². The van der Waals surface area contributed by atoms with Crippen LogP contribution in [0.3, 0.4) is 0 Å². The molecular formula is C25H25N3O2S2. The second-order valence-electron chi connectivity index (χ2n) is 7.12. The van der Waals surface area contributed by atoms with E-state index in [-0.39, 0.29) is 5.91 Å². The molecule has 2 aromatic carbocycles. The summed E-state index contributed by atoms with van der Waals surface area (Å²) < 4.78 is 6.75. The van der Waals surface area contributed by atoms with Gasteiger partial charge in [-0.1, -0.05) is 36.5 Å². The number of thioether (sulfide) groups is 1. The normalized spacial score (nSPS) is 10.9. The van der Waals surface area contributed by atoms with Gasteiger partial charge in [0.15, 0.2) is 5.13 Å². The number of thiazole rings is 1. The number of ether oxygens (including phenoxy) is 1. The van der Waals surface area contributed by atoms with Gasteiger partial charge >= 0.3 is 0 Å². The standard InChI is InChI=1S/C25H25N3O2S2/c1-3-30-21-6-5-7-22-24(21)27-25(32-22)28(17-19-12-14-26-15-13-19)23(29)16-18-8-10-20(11-9-18)31-4-2/h5-15H,3-4,16-17H2,1-2H3. The van der Waals surface area contributed by atoms with Crippen LogP contribution >= 0.6 is 23.1 Å². The molecule has 4 aromatic rings. The van der Waals surface area contributed by atoms with E-state index >= 15 is 0 Å². The molecule has 0 aliphatic rings. The van der Waals surface area contributed by atoms with Crippen LogP contribution in [0, 0.1) is 0 Å². The second-order valence-corrected chi connectivity index (χ2v) is 9.47. The number of benzene rings is 2. The Hall–Kier alpha value is -2.90. The molecule has 4 rings (SSSR count). The molecule has 0 aliphatic heterocycles. The number of pyridine rings is 1. The number of para-hydroxylation sites is 1. The lowest BCUT2D eigenvalue weighted by atomic mass is 10.1. The number of fused-ring (bicyclic) bond motifs is 1. The number of rotatable bonds is 9. The first-order valence-corrected chi connectivity index (χ1v) is 12.4. The maximum atomic E-state index is 13.5. The van der Waals surface area contributed by atoms with E-state index in [4.69, 9.17) is 9.72 Å². The molecule has 0 N–H and O–H groups in total. The number of amides is 1. The van der Waals surface area contributed by atoms with Gasteiger partial charge in [-0.05, 0) is 60.2 Å². The summed E-state index contributed by atoms with van der Waals surface area (Å²) in [6.45, 7) is 5.09. The van der Waals surface area contributed by atoms with E-state index in [9.17, 15) is 4.79 Å². The topological polar surface area (TPSA) is 55.3 Å². The summed E-state index contributed by atoms with van der Waals surface area (Å²) in [5.74, 6) is 1.78. The molecule has 2 aromatic heterocycles. The molecule has 7 heteroatoms. The van der Waals surface area contributed by atoms with E-state index < -0.39 is 0 Å². The zero-order valence-corrected chi connectivity index (χ0v) is 19.8. The first-order chi connectivity index (χ1) is 15.7. The maximum absolute atomic E-state index is 13.5. The highest BCUT2D eigenvalue weighted by molar-refractivity contribution is 7.99. The number of aromatic nitrogens is 2. The van der Waals surface area contributed by atoms with Crippen LogP contribution in [0.4, 0.5) is 5.13 Å². The monoisotopic (exact) mass is 463 g/mol. The van der Waals surface area contributed by atoms with Gasteiger partial charge < -0.3 is 4.74 Å². The van der Waals surface area contributed by atoms with E-state index in [0.29, 0.717) is 24.7 Å². The molecule has 0 saturated carbocycles. The zero-order chi connectivity index (χ0) is 22.3. The number of carbonyl (C=O) groups excluding carboxylic acids is 1. The van der Waals surface area contributed by atoms with Crippen molar-refractivity contribution in [2.24, 2.45) is 0 Å². The molecule has 0 bridgehead atoms. The van der Waals surface area contributed by atoms with Crippen LogP contribution in [0.2, 0.25) is 0 Å². The average molecular weight is 464 g/mol. The second kappa shape index (κ2) is 10.6. The summed E-state index contributed by atoms with van der Waals surface area (Å²) in [4.78, 5) is 25.3. The van der Waals surface area contributed by atoms with Crippen LogP contribution in [0.5, 0.6) is 5.75 Å². The van der Waals surface area contributed by atoms with E-state index in [2.05, 4.69) is 24.0 Å². The quantitative estimate of drug-likeness (QED) is 0.286. The van der Waals surface area contributed by atoms with E-state index in [1.807, 2.05) is 49.4 Å². The third kappa shape index (κ3) is 5.29. The fraction of sp³-hybridized carbons (Fsp3) is 0.240. The predicted octanol–water partition coefficient (Wildman–Crippen LogP) is 5.98. The van der Waals surface area contributed by atoms with Gasteiger partial charge in [-0.25, -0.2) is 4.98 Å². The van der Waals surface area contributed by atoms with Crippen molar-refractivity contribution in [1.82, 2.24) is 9.97 Å². The van der Waals surface area contributed by atoms with Crippen LogP contribution in [0.15, 0.2) is 71.9 Å². The number of hydrogen-bond acceptors (Lipinski definition) is 6. The van der Waals surface area contributed by atoms with Gasteiger partial charge in [0.05, 0.1) is 24.3 Å². The molecule has 0 spiro atoms. The van der Waals surface area contributed by atoms with Crippen molar-refractivity contribution in [2.75, 3.05) is 17.3 Å². The van der Waals surface area contributed by atoms with Crippen LogP contribution in [0.25, 0.3) is 10.2 Å². The number of anilines is 1. The van der Waals surface area contributed by atoms with Gasteiger partial charge in [-0.2, -0.15) is 0 Å². The van der Waals surface area contributed by atoms with Gasteiger partial charge in [-0.3, -0.25) is 14.7 Å². The van der Waals surface area contributed by atoms with Crippen molar-refractivity contribution in [3.05, 3.63) is 78.1 Å². The molecule has 0 unspecified atom stereocenters. The van der Waals surface area contributed by atoms with Crippen molar-refractivity contribution < 1.29 is 9.53 Å². The fourth-order valence-electron chi connectivity index (χ4n) is 3.37. The molecular weight excluding hydrogens is 438 g/mol. The van der Waals surface area contributed by atoms with Crippen molar-refractivity contribution in [3.8, 4) is 5.75 Å². The minimum atomic E-state index is 0.00900. The minimum absolute atomic E-state index is 0.00900. The third-order valence-electron chi connectivity index (χ3n) is 4.88. The molecule has 164 valence electrons. The Morgan fingerprint density at radius 3 is 2.53 bits per heavy atom. The summed E-state index contributed by atoms with van der Waals surface area (Å²) in [6.07, 6.45) is 3.80. The van der Waals surface area contributed by atoms with Gasteiger partial charge in [0, 0.05) is 17.3 Å². The van der Waals surface area contributed by atoms with Crippen LogP contribution < -0.4 is 9.64 Å². The summed E-state index contributed by atoms with van der Waals surface area (Å²) in [7, 11) is 0. The summed E-state index contributed by atoms with van der Waals surface area (Å²) in [5, 5.41) is 0.673. The molecule has 0 atom stereocenters. The summed E-state index contributed by atoms with van der Waals surface area (Å²) in [5.41, 5.74) is 2.79. The average Bonchev–Trinajstić information content (AvgIpc) is 3.25. The van der Waals surface area contributed by atoms with Crippen molar-refractivity contribution in [1.29, 1.82) is 0 Å². The van der Waals surface area contributed by atoms with E-state index in [1.54, 1.807) is 29.1 Å². The third-order valence-corrected chi connectivity index (χ3v) is 6.82. The van der Waals surface area contributed by atoms with Crippen molar-refractivity contribution >= 4 is 44.4 Å². The molecule has 0 fully saturated rings. The zero-order valence-electron chi connectivity index (χ0n) is 18.2. The molecule has 5 nitrogen and oxygen atoms in total. The highest BCUT2D eigenvalue weighted by Crippen LogP contribution is 2.35. The molecule has 32 heavy (non-hydrogen) atoms. The van der Waals surface area contributed by atoms with E-state index in [0.717, 1.165) is 32.8 Å². The lowest BCUT2D eigenvalue weighted by Crippen LogP contribution is -2.31. The number of nitrogens with zero attached hydrogens (tertiary/aromatic N) is 3. The smallest absolute Gasteiger partial charge is 0.233 e. The lowest BCUT2D eigenvalue weighted by Gasteiger charge is -2.20. The SMILES string of the molecule is CCOc1cccc2sc(N(Cc3ccncc3)C(=O)Cc3ccc(SCC)cc3)nc12. The van der Waals surface area contributed by atoms with E-state index in [1.165, 1.54) is 16.2 Å². The van der Waals surface area contributed by atoms with Gasteiger partial charge in [-0.15, -0.1) is 11.8 Å². The highest BCUT2D eigenvalue weighted by Gasteiger charge is 2.21. The lowest BCUT2D eigenvalue weighted by molar-refractivity contribution is -0.118. The van der Waals surface area contributed by atoms with Crippen molar-refractivity contribution in [3.63, 3.8) is 0 Å². The van der Waals surface area contributed by atoms with Gasteiger partial charge in [0.1, 0.15) is 11.3 Å². The highest BCUT2D eigenvalue weighted by atomic mass is 32.2. The Bertz CT molecular complexity index is 1180. The fourth-order valence-corrected chi connectivity index (χ4v) is 5.03. The summed E-state index contributed by atoms with van der Waals surface area (Å²) >= 11 is 3.30. The van der Waals surface area contributed by atoms with Crippen LogP contribution in [-0.2, 0) is 17.8 Å². The van der Waals surface area contributed by atoms with Crippen molar-refractivity contribution in [2.45, 2.75) is 31.7 Å². The summed E-state index contributed by atoms with van der Waals surface area (Å²) in [6, 6.07) is 18.0. The Labute approximate surface area is 196 Å². The molecule has 2 heterocycles. The Morgan fingerprint density at radius 2 is 1.81 bits per heavy atom. The Morgan fingerprint density at radius 1 is 1.03 bits per heavy atom. The van der Waals surface area contributed by atoms with Gasteiger partial charge in [0.2, 0.25) is 5.91 Å². The largest absolute Gasteiger partial charge is 0.492 e. The Kier molecular flexibility index (Phi) is 7.39. The number of carbonyl (C=O) groups is 1.